The molecule has 4 rings (SSSR count). The molecule has 0 amide bonds. The first-order chi connectivity index (χ1) is 13.6. The van der Waals surface area contributed by atoms with Crippen LogP contribution >= 0.6 is 0 Å². The summed E-state index contributed by atoms with van der Waals surface area (Å²) in [7, 11) is 0. The van der Waals surface area contributed by atoms with Crippen molar-refractivity contribution in [1.29, 1.82) is 0 Å². The van der Waals surface area contributed by atoms with Crippen LogP contribution in [-0.4, -0.2) is 29.7 Å². The monoisotopic (exact) mass is 381 g/mol. The molecule has 142 valence electrons. The van der Waals surface area contributed by atoms with E-state index in [2.05, 4.69) is 30.4 Å². The normalized spacial score (nSPS) is 11.1. The van der Waals surface area contributed by atoms with Crippen LogP contribution in [0.5, 0.6) is 0 Å². The Hall–Kier alpha value is -3.62. The Morgan fingerprint density at radius 3 is 2.86 bits per heavy atom. The number of aromatic nitrogens is 6. The molecule has 3 heterocycles. The van der Waals surface area contributed by atoms with Crippen molar-refractivity contribution in [3.05, 3.63) is 72.3 Å². The summed E-state index contributed by atoms with van der Waals surface area (Å²) in [6, 6.07) is 7.03. The fraction of sp³-hybridized carbons (Fsp3) is 0.158. The quantitative estimate of drug-likeness (QED) is 0.525. The zero-order valence-electron chi connectivity index (χ0n) is 15.0. The number of imidazole rings is 1. The molecule has 1 aromatic carbocycles. The number of hydrogen-bond acceptors (Lipinski definition) is 5. The summed E-state index contributed by atoms with van der Waals surface area (Å²) in [6.07, 6.45) is 5.77. The summed E-state index contributed by atoms with van der Waals surface area (Å²) in [5.41, 5.74) is 4.24. The molecule has 0 spiro atoms. The Bertz CT molecular complexity index is 1070. The van der Waals surface area contributed by atoms with Crippen LogP contribution < -0.4 is 5.32 Å². The number of aromatic amines is 1. The molecule has 0 fully saturated rings. The van der Waals surface area contributed by atoms with Crippen LogP contribution in [-0.2, 0) is 6.54 Å². The van der Waals surface area contributed by atoms with Crippen molar-refractivity contribution in [2.24, 2.45) is 0 Å². The van der Waals surface area contributed by atoms with Crippen LogP contribution in [0.15, 0.2) is 55.4 Å². The smallest absolute Gasteiger partial charge is 0.280 e. The largest absolute Gasteiger partial charge is 0.347 e. The number of aryl methyl sites for hydroxylation is 1. The zero-order chi connectivity index (χ0) is 19.5. The van der Waals surface area contributed by atoms with Gasteiger partial charge < -0.3 is 10.3 Å². The molecule has 3 aromatic heterocycles. The molecular formula is C19H17F2N7. The van der Waals surface area contributed by atoms with E-state index in [-0.39, 0.29) is 11.6 Å². The molecule has 0 aliphatic rings. The molecule has 0 radical (unpaired) electrons. The number of benzene rings is 1. The molecule has 2 N–H and O–H groups in total. The van der Waals surface area contributed by atoms with Gasteiger partial charge in [-0.05, 0) is 36.2 Å². The maximum atomic E-state index is 12.8. The van der Waals surface area contributed by atoms with E-state index in [9.17, 15) is 8.78 Å². The average Bonchev–Trinajstić information content (AvgIpc) is 3.34. The first kappa shape index (κ1) is 17.8. The second-order valence-electron chi connectivity index (χ2n) is 6.32. The second kappa shape index (κ2) is 7.55. The van der Waals surface area contributed by atoms with Crippen molar-refractivity contribution in [2.45, 2.75) is 19.9 Å². The fourth-order valence-corrected chi connectivity index (χ4v) is 2.85. The van der Waals surface area contributed by atoms with Crippen molar-refractivity contribution in [3.8, 4) is 11.1 Å². The summed E-state index contributed by atoms with van der Waals surface area (Å²) in [6.45, 7) is 2.55. The van der Waals surface area contributed by atoms with Gasteiger partial charge in [0.15, 0.2) is 0 Å². The minimum atomic E-state index is -2.64. The van der Waals surface area contributed by atoms with E-state index in [1.54, 1.807) is 18.7 Å². The Morgan fingerprint density at radius 1 is 1.18 bits per heavy atom. The lowest BCUT2D eigenvalue weighted by atomic mass is 10.1. The van der Waals surface area contributed by atoms with E-state index in [0.717, 1.165) is 22.4 Å². The zero-order valence-corrected chi connectivity index (χ0v) is 15.0. The number of H-pyrrole nitrogens is 1. The number of hydrogen-bond donors (Lipinski definition) is 2. The highest BCUT2D eigenvalue weighted by Gasteiger charge is 2.11. The Morgan fingerprint density at radius 2 is 2.07 bits per heavy atom. The summed E-state index contributed by atoms with van der Waals surface area (Å²) < 4.78 is 27.5. The fourth-order valence-electron chi connectivity index (χ4n) is 2.85. The van der Waals surface area contributed by atoms with Gasteiger partial charge in [0.2, 0.25) is 5.95 Å². The van der Waals surface area contributed by atoms with Crippen LogP contribution in [0.2, 0.25) is 0 Å². The second-order valence-corrected chi connectivity index (χ2v) is 6.32. The van der Waals surface area contributed by atoms with E-state index in [0.29, 0.717) is 12.2 Å². The summed E-state index contributed by atoms with van der Waals surface area (Å²) in [4.78, 5) is 14.9. The SMILES string of the molecule is Cc1cc(Nc2nccc(C(F)F)n2)cc(-c2cnn(Cc3cnc[nH]3)c2)c1. The molecule has 0 aliphatic carbocycles. The molecular weight excluding hydrogens is 364 g/mol. The maximum absolute atomic E-state index is 12.8. The minimum Gasteiger partial charge on any atom is -0.347 e. The number of rotatable bonds is 6. The van der Waals surface area contributed by atoms with Gasteiger partial charge in [0, 0.05) is 29.8 Å². The predicted molar refractivity (Wildman–Crippen MR) is 100 cm³/mol. The number of nitrogens with zero attached hydrogens (tertiary/aromatic N) is 5. The van der Waals surface area contributed by atoms with Gasteiger partial charge >= 0.3 is 0 Å². The topological polar surface area (TPSA) is 84.3 Å². The van der Waals surface area contributed by atoms with Crippen LogP contribution in [0.1, 0.15) is 23.4 Å². The molecule has 0 aliphatic heterocycles. The molecule has 0 saturated carbocycles. The van der Waals surface area contributed by atoms with Gasteiger partial charge in [-0.2, -0.15) is 5.10 Å². The third-order valence-electron chi connectivity index (χ3n) is 4.09. The van der Waals surface area contributed by atoms with Gasteiger partial charge in [-0.3, -0.25) is 4.68 Å². The van der Waals surface area contributed by atoms with Crippen LogP contribution in [0.4, 0.5) is 20.4 Å². The van der Waals surface area contributed by atoms with E-state index in [4.69, 9.17) is 0 Å². The van der Waals surface area contributed by atoms with E-state index < -0.39 is 6.43 Å². The molecule has 0 saturated heterocycles. The van der Waals surface area contributed by atoms with Gasteiger partial charge in [0.1, 0.15) is 5.69 Å². The minimum absolute atomic E-state index is 0.129. The van der Waals surface area contributed by atoms with E-state index in [1.807, 2.05) is 36.0 Å². The van der Waals surface area contributed by atoms with Gasteiger partial charge in [0.05, 0.1) is 24.8 Å². The van der Waals surface area contributed by atoms with E-state index >= 15 is 0 Å². The summed E-state index contributed by atoms with van der Waals surface area (Å²) >= 11 is 0. The number of nitrogens with one attached hydrogen (secondary N) is 2. The Kier molecular flexibility index (Phi) is 4.79. The first-order valence-corrected chi connectivity index (χ1v) is 8.57. The predicted octanol–water partition coefficient (Wildman–Crippen LogP) is 4.10. The van der Waals surface area contributed by atoms with Crippen molar-refractivity contribution in [3.63, 3.8) is 0 Å². The first-order valence-electron chi connectivity index (χ1n) is 8.57. The van der Waals surface area contributed by atoms with Gasteiger partial charge in [-0.15, -0.1) is 0 Å². The molecule has 0 atom stereocenters. The van der Waals surface area contributed by atoms with Crippen LogP contribution in [0.25, 0.3) is 11.1 Å². The lowest BCUT2D eigenvalue weighted by Crippen LogP contribution is -2.00. The van der Waals surface area contributed by atoms with Gasteiger partial charge in [-0.25, -0.2) is 23.7 Å². The highest BCUT2D eigenvalue weighted by atomic mass is 19.3. The molecule has 0 bridgehead atoms. The average molecular weight is 381 g/mol. The molecule has 0 unspecified atom stereocenters. The Balaban J connectivity index is 1.57. The van der Waals surface area contributed by atoms with Crippen LogP contribution in [0.3, 0.4) is 0 Å². The maximum Gasteiger partial charge on any atom is 0.280 e. The van der Waals surface area contributed by atoms with Crippen molar-refractivity contribution in [1.82, 2.24) is 29.7 Å². The molecule has 28 heavy (non-hydrogen) atoms. The standard InChI is InChI=1S/C19H17F2N7/c1-12-4-13(14-7-25-28(9-14)10-16-8-22-11-24-16)6-15(5-12)26-19-23-3-2-17(27-19)18(20)21/h2-9,11,18H,10H2,1H3,(H,22,24)(H,23,26,27). The molecule has 7 nitrogen and oxygen atoms in total. The summed E-state index contributed by atoms with van der Waals surface area (Å²) in [5, 5.41) is 7.38. The Labute approximate surface area is 159 Å². The third kappa shape index (κ3) is 4.03. The highest BCUT2D eigenvalue weighted by molar-refractivity contribution is 5.70. The van der Waals surface area contributed by atoms with Crippen molar-refractivity contribution >= 4 is 11.6 Å². The number of alkyl halides is 2. The highest BCUT2D eigenvalue weighted by Crippen LogP contribution is 2.26. The van der Waals surface area contributed by atoms with Gasteiger partial charge in [0.25, 0.3) is 6.43 Å². The van der Waals surface area contributed by atoms with Crippen molar-refractivity contribution in [2.75, 3.05) is 5.32 Å². The third-order valence-corrected chi connectivity index (χ3v) is 4.09. The van der Waals surface area contributed by atoms with Gasteiger partial charge in [-0.1, -0.05) is 6.07 Å². The molecule has 9 heteroatoms. The summed E-state index contributed by atoms with van der Waals surface area (Å²) in [5.74, 6) is 0.129. The van der Waals surface area contributed by atoms with Crippen molar-refractivity contribution < 1.29 is 8.78 Å². The van der Waals surface area contributed by atoms with Crippen LogP contribution in [0, 0.1) is 6.92 Å². The lowest BCUT2D eigenvalue weighted by Gasteiger charge is -2.09. The lowest BCUT2D eigenvalue weighted by molar-refractivity contribution is 0.146. The van der Waals surface area contributed by atoms with E-state index in [1.165, 1.54) is 12.3 Å². The number of anilines is 2. The molecule has 4 aromatic rings. The number of halogens is 2.